The highest BCUT2D eigenvalue weighted by molar-refractivity contribution is 6.00. The van der Waals surface area contributed by atoms with Crippen molar-refractivity contribution in [3.8, 4) is 6.07 Å². The van der Waals surface area contributed by atoms with Gasteiger partial charge in [-0.3, -0.25) is 14.9 Å². The SMILES string of the molecule is C/C(C[C@H]1C[C@H](CC#N)C1(C)C)=N\NC(=O)CN1C(=O)N(c2ccccc2)[C@@H](N(O)C(=O)Nc2ccccc2)C1(C)C. The number of nitrogens with zero attached hydrogens (tertiary/aromatic N) is 5. The molecule has 5 amide bonds. The fourth-order valence-corrected chi connectivity index (χ4v) is 5.94. The quantitative estimate of drug-likeness (QED) is 0.209. The summed E-state index contributed by atoms with van der Waals surface area (Å²) in [7, 11) is 0. The zero-order valence-corrected chi connectivity index (χ0v) is 24.7. The molecule has 0 unspecified atom stereocenters. The molecular weight excluding hydrogens is 534 g/mol. The van der Waals surface area contributed by atoms with Crippen molar-refractivity contribution in [2.45, 2.75) is 65.6 Å². The van der Waals surface area contributed by atoms with Gasteiger partial charge in [0, 0.05) is 23.5 Å². The van der Waals surface area contributed by atoms with Crippen LogP contribution in [0.15, 0.2) is 65.8 Å². The van der Waals surface area contributed by atoms with Gasteiger partial charge in [-0.05, 0) is 75.1 Å². The van der Waals surface area contributed by atoms with Crippen molar-refractivity contribution in [2.75, 3.05) is 16.8 Å². The number of nitriles is 1. The molecule has 0 aromatic heterocycles. The number of amides is 5. The second-order valence-corrected chi connectivity index (χ2v) is 12.1. The molecule has 1 saturated carbocycles. The van der Waals surface area contributed by atoms with Crippen molar-refractivity contribution in [3.63, 3.8) is 0 Å². The fourth-order valence-electron chi connectivity index (χ4n) is 5.94. The monoisotopic (exact) mass is 573 g/mol. The van der Waals surface area contributed by atoms with Crippen LogP contribution in [0.4, 0.5) is 21.0 Å². The second-order valence-electron chi connectivity index (χ2n) is 12.1. The number of benzene rings is 2. The Bertz CT molecular complexity index is 1370. The number of carbonyl (C=O) groups is 3. The van der Waals surface area contributed by atoms with Gasteiger partial charge in [0.05, 0.1) is 11.6 Å². The predicted octanol–water partition coefficient (Wildman–Crippen LogP) is 5.41. The van der Waals surface area contributed by atoms with Gasteiger partial charge in [-0.1, -0.05) is 50.2 Å². The van der Waals surface area contributed by atoms with Gasteiger partial charge in [0.1, 0.15) is 6.54 Å². The molecule has 1 heterocycles. The summed E-state index contributed by atoms with van der Waals surface area (Å²) in [4.78, 5) is 42.6. The summed E-state index contributed by atoms with van der Waals surface area (Å²) in [5, 5.41) is 27.6. The van der Waals surface area contributed by atoms with Crippen LogP contribution in [-0.2, 0) is 4.79 Å². The molecule has 0 spiro atoms. The summed E-state index contributed by atoms with van der Waals surface area (Å²) in [5.41, 5.74) is 3.11. The number of urea groups is 2. The van der Waals surface area contributed by atoms with E-state index in [1.807, 2.05) is 6.92 Å². The molecule has 0 bridgehead atoms. The summed E-state index contributed by atoms with van der Waals surface area (Å²) >= 11 is 0. The van der Waals surface area contributed by atoms with Gasteiger partial charge >= 0.3 is 12.1 Å². The Morgan fingerprint density at radius 2 is 1.69 bits per heavy atom. The van der Waals surface area contributed by atoms with Gasteiger partial charge < -0.3 is 10.2 Å². The number of nitrogens with one attached hydrogen (secondary N) is 2. The van der Waals surface area contributed by atoms with Gasteiger partial charge in [-0.2, -0.15) is 15.4 Å². The smallest absolute Gasteiger partial charge is 0.306 e. The van der Waals surface area contributed by atoms with Crippen LogP contribution in [-0.4, -0.2) is 57.1 Å². The zero-order chi connectivity index (χ0) is 30.7. The minimum atomic E-state index is -1.18. The molecule has 3 atom stereocenters. The Labute approximate surface area is 246 Å². The van der Waals surface area contributed by atoms with E-state index in [0.717, 1.165) is 12.1 Å². The zero-order valence-electron chi connectivity index (χ0n) is 24.7. The van der Waals surface area contributed by atoms with Crippen molar-refractivity contribution in [1.82, 2.24) is 15.4 Å². The Kier molecular flexibility index (Phi) is 8.87. The van der Waals surface area contributed by atoms with E-state index in [4.69, 9.17) is 5.26 Å². The lowest BCUT2D eigenvalue weighted by Crippen LogP contribution is -2.58. The highest BCUT2D eigenvalue weighted by atomic mass is 16.5. The van der Waals surface area contributed by atoms with Crippen molar-refractivity contribution in [2.24, 2.45) is 22.4 Å². The van der Waals surface area contributed by atoms with Crippen LogP contribution in [0.2, 0.25) is 0 Å². The molecule has 4 rings (SSSR count). The van der Waals surface area contributed by atoms with Crippen LogP contribution >= 0.6 is 0 Å². The largest absolute Gasteiger partial charge is 0.347 e. The van der Waals surface area contributed by atoms with Crippen molar-refractivity contribution < 1.29 is 19.6 Å². The van der Waals surface area contributed by atoms with Gasteiger partial charge in [-0.15, -0.1) is 0 Å². The van der Waals surface area contributed by atoms with Crippen LogP contribution in [0, 0.1) is 28.6 Å². The summed E-state index contributed by atoms with van der Waals surface area (Å²) in [6, 6.07) is 18.2. The highest BCUT2D eigenvalue weighted by Crippen LogP contribution is 2.54. The maximum atomic E-state index is 13.8. The Balaban J connectivity index is 1.48. The molecule has 1 aliphatic heterocycles. The summed E-state index contributed by atoms with van der Waals surface area (Å²) < 4.78 is 0. The first-order valence-corrected chi connectivity index (χ1v) is 14.1. The number of hydrogen-bond acceptors (Lipinski definition) is 6. The van der Waals surface area contributed by atoms with E-state index >= 15 is 0 Å². The van der Waals surface area contributed by atoms with Crippen LogP contribution in [0.5, 0.6) is 0 Å². The molecule has 1 saturated heterocycles. The standard InChI is InChI=1S/C31H39N7O4/c1-21(18-23-19-22(16-17-32)30(23,2)3)34-35-26(39)20-36-29(41)37(25-14-10-7-11-15-25)27(31(36,4)5)38(42)28(40)33-24-12-8-6-9-13-24/h6-15,22-23,27,42H,16,18-20H2,1-5H3,(H,33,40)(H,35,39)/b34-21+/t22-,23-,27-/m0/s1. The molecule has 11 nitrogen and oxygen atoms in total. The van der Waals surface area contributed by atoms with Crippen molar-refractivity contribution in [3.05, 3.63) is 60.7 Å². The van der Waals surface area contributed by atoms with E-state index in [2.05, 4.69) is 35.8 Å². The van der Waals surface area contributed by atoms with E-state index in [1.165, 1.54) is 9.80 Å². The van der Waals surface area contributed by atoms with Crippen molar-refractivity contribution >= 4 is 35.1 Å². The number of para-hydroxylation sites is 2. The summed E-state index contributed by atoms with van der Waals surface area (Å²) in [5.74, 6) is 0.228. The first-order chi connectivity index (χ1) is 19.9. The molecule has 2 aliphatic rings. The highest BCUT2D eigenvalue weighted by Gasteiger charge is 2.56. The van der Waals surface area contributed by atoms with Gasteiger partial charge in [0.25, 0.3) is 5.91 Å². The van der Waals surface area contributed by atoms with Crippen LogP contribution < -0.4 is 15.6 Å². The Morgan fingerprint density at radius 1 is 1.07 bits per heavy atom. The predicted molar refractivity (Wildman–Crippen MR) is 159 cm³/mol. The molecule has 0 radical (unpaired) electrons. The third-order valence-electron chi connectivity index (χ3n) is 8.73. The molecule has 11 heteroatoms. The van der Waals surface area contributed by atoms with Gasteiger partial charge in [0.15, 0.2) is 6.17 Å². The number of hydroxylamine groups is 2. The van der Waals surface area contributed by atoms with E-state index in [-0.39, 0.29) is 12.0 Å². The van der Waals surface area contributed by atoms with Crippen LogP contribution in [0.1, 0.15) is 53.9 Å². The number of hydrazone groups is 1. The lowest BCUT2D eigenvalue weighted by molar-refractivity contribution is -0.124. The second kappa shape index (κ2) is 12.2. The molecule has 1 aliphatic carbocycles. The number of hydrogen-bond donors (Lipinski definition) is 3. The molecule has 42 heavy (non-hydrogen) atoms. The molecule has 222 valence electrons. The lowest BCUT2D eigenvalue weighted by Gasteiger charge is -2.52. The maximum absolute atomic E-state index is 13.8. The van der Waals surface area contributed by atoms with Gasteiger partial charge in [0.2, 0.25) is 0 Å². The average Bonchev–Trinajstić information content (AvgIpc) is 3.16. The van der Waals surface area contributed by atoms with Crippen LogP contribution in [0.25, 0.3) is 0 Å². The number of rotatable bonds is 9. The molecular formula is C31H39N7O4. The normalized spacial score (nSPS) is 22.6. The molecule has 2 aromatic rings. The van der Waals surface area contributed by atoms with E-state index in [9.17, 15) is 19.6 Å². The Hall–Kier alpha value is -4.43. The average molecular weight is 574 g/mol. The topological polar surface area (TPSA) is 141 Å². The van der Waals surface area contributed by atoms with Gasteiger partial charge in [-0.25, -0.2) is 15.0 Å². The summed E-state index contributed by atoms with van der Waals surface area (Å²) in [6.07, 6.45) is 1.03. The molecule has 3 N–H and O–H groups in total. The van der Waals surface area contributed by atoms with Crippen LogP contribution in [0.3, 0.4) is 0 Å². The molecule has 2 fully saturated rings. The van der Waals surface area contributed by atoms with E-state index < -0.39 is 29.7 Å². The summed E-state index contributed by atoms with van der Waals surface area (Å²) in [6.45, 7) is 9.22. The first-order valence-electron chi connectivity index (χ1n) is 14.1. The minimum Gasteiger partial charge on any atom is -0.306 e. The van der Waals surface area contributed by atoms with E-state index in [0.29, 0.717) is 41.1 Å². The fraction of sp³-hybridized carbons (Fsp3) is 0.452. The maximum Gasteiger partial charge on any atom is 0.347 e. The minimum absolute atomic E-state index is 0.0292. The van der Waals surface area contributed by atoms with E-state index in [1.54, 1.807) is 74.5 Å². The number of carbonyl (C=O) groups excluding carboxylic acids is 3. The third-order valence-corrected chi connectivity index (χ3v) is 8.73. The Morgan fingerprint density at radius 3 is 2.29 bits per heavy atom. The number of anilines is 2. The lowest BCUT2D eigenvalue weighted by atomic mass is 9.53. The third kappa shape index (κ3) is 6.09. The van der Waals surface area contributed by atoms with Crippen molar-refractivity contribution in [1.29, 1.82) is 5.26 Å². The first kappa shape index (κ1) is 30.5. The molecule has 2 aromatic carbocycles.